The van der Waals surface area contributed by atoms with Crippen LogP contribution in [-0.4, -0.2) is 59.3 Å². The van der Waals surface area contributed by atoms with Gasteiger partial charge in [-0.25, -0.2) is 0 Å². The van der Waals surface area contributed by atoms with Gasteiger partial charge in [0.15, 0.2) is 0 Å². The molecule has 0 aromatic carbocycles. The molecule has 0 aromatic rings. The monoisotopic (exact) mass is 240 g/mol. The summed E-state index contributed by atoms with van der Waals surface area (Å²) in [6, 6.07) is 1.07. The Morgan fingerprint density at radius 1 is 1.24 bits per heavy atom. The summed E-state index contributed by atoms with van der Waals surface area (Å²) in [6.45, 7) is 7.17. The van der Waals surface area contributed by atoms with Gasteiger partial charge in [-0.15, -0.1) is 0 Å². The van der Waals surface area contributed by atoms with Crippen molar-refractivity contribution in [1.29, 1.82) is 0 Å². The van der Waals surface area contributed by atoms with Crippen molar-refractivity contribution in [3.8, 4) is 0 Å². The maximum atomic E-state index is 9.55. The summed E-state index contributed by atoms with van der Waals surface area (Å²) in [7, 11) is 2.15. The van der Waals surface area contributed by atoms with Gasteiger partial charge in [0.25, 0.3) is 0 Å². The van der Waals surface area contributed by atoms with E-state index in [-0.39, 0.29) is 12.1 Å². The molecule has 0 bridgehead atoms. The summed E-state index contributed by atoms with van der Waals surface area (Å²) in [5, 5.41) is 9.55. The molecule has 2 rings (SSSR count). The largest absolute Gasteiger partial charge is 0.395 e. The van der Waals surface area contributed by atoms with E-state index in [4.69, 9.17) is 0 Å². The average Bonchev–Trinajstić information content (AvgIpc) is 2.77. The van der Waals surface area contributed by atoms with Gasteiger partial charge in [-0.1, -0.05) is 12.8 Å². The molecule has 2 aliphatic rings. The molecule has 3 heteroatoms. The van der Waals surface area contributed by atoms with Gasteiger partial charge < -0.3 is 5.11 Å². The van der Waals surface area contributed by atoms with Gasteiger partial charge >= 0.3 is 0 Å². The molecular formula is C14H28N2O. The Labute approximate surface area is 106 Å². The minimum atomic E-state index is 0.285. The van der Waals surface area contributed by atoms with Crippen LogP contribution in [0.5, 0.6) is 0 Å². The number of likely N-dealkylation sites (N-methyl/N-ethyl adjacent to an activating group) is 1. The van der Waals surface area contributed by atoms with Crippen LogP contribution in [0.3, 0.4) is 0 Å². The van der Waals surface area contributed by atoms with Crippen LogP contribution < -0.4 is 0 Å². The molecular weight excluding hydrogens is 212 g/mol. The number of hydrogen-bond acceptors (Lipinski definition) is 3. The summed E-state index contributed by atoms with van der Waals surface area (Å²) in [6.07, 6.45) is 6.68. The summed E-state index contributed by atoms with van der Waals surface area (Å²) in [5.41, 5.74) is 0.285. The van der Waals surface area contributed by atoms with Crippen LogP contribution in [0.1, 0.15) is 46.0 Å². The summed E-state index contributed by atoms with van der Waals surface area (Å²) >= 11 is 0. The first kappa shape index (κ1) is 13.3. The zero-order chi connectivity index (χ0) is 12.5. The Morgan fingerprint density at radius 3 is 2.47 bits per heavy atom. The van der Waals surface area contributed by atoms with Crippen molar-refractivity contribution in [2.24, 2.45) is 0 Å². The van der Waals surface area contributed by atoms with Crippen molar-refractivity contribution in [3.05, 3.63) is 0 Å². The molecule has 1 heterocycles. The molecule has 100 valence electrons. The van der Waals surface area contributed by atoms with E-state index in [1.807, 2.05) is 0 Å². The molecule has 0 amide bonds. The van der Waals surface area contributed by atoms with Gasteiger partial charge in [0.2, 0.25) is 0 Å². The smallest absolute Gasteiger partial charge is 0.0599 e. The standard InChI is InChI=1S/C14H28N2O/c1-14(2)8-9-15(3)13(11-17)10-16(14)12-6-4-5-7-12/h12-13,17H,4-11H2,1-3H3. The SMILES string of the molecule is CN1CCC(C)(C)N(C2CCCC2)CC1CO. The Balaban J connectivity index is 2.13. The molecule has 1 unspecified atom stereocenters. The quantitative estimate of drug-likeness (QED) is 0.796. The van der Waals surface area contributed by atoms with E-state index < -0.39 is 0 Å². The Hall–Kier alpha value is -0.120. The molecule has 1 aliphatic heterocycles. The number of aliphatic hydroxyl groups is 1. The van der Waals surface area contributed by atoms with Gasteiger partial charge in [0.05, 0.1) is 6.61 Å². The third kappa shape index (κ3) is 2.83. The highest BCUT2D eigenvalue weighted by atomic mass is 16.3. The highest BCUT2D eigenvalue weighted by molar-refractivity contribution is 4.94. The van der Waals surface area contributed by atoms with Gasteiger partial charge in [0.1, 0.15) is 0 Å². The van der Waals surface area contributed by atoms with Crippen molar-refractivity contribution in [2.45, 2.75) is 63.6 Å². The van der Waals surface area contributed by atoms with E-state index in [2.05, 4.69) is 30.7 Å². The van der Waals surface area contributed by atoms with Crippen molar-refractivity contribution in [2.75, 3.05) is 26.7 Å². The zero-order valence-corrected chi connectivity index (χ0v) is 11.7. The van der Waals surface area contributed by atoms with E-state index in [0.29, 0.717) is 6.04 Å². The van der Waals surface area contributed by atoms with Gasteiger partial charge in [-0.3, -0.25) is 9.80 Å². The molecule has 3 nitrogen and oxygen atoms in total. The Bertz CT molecular complexity index is 249. The van der Waals surface area contributed by atoms with Crippen molar-refractivity contribution in [1.82, 2.24) is 9.80 Å². The highest BCUT2D eigenvalue weighted by Gasteiger charge is 2.38. The molecule has 0 spiro atoms. The van der Waals surface area contributed by atoms with E-state index >= 15 is 0 Å². The lowest BCUT2D eigenvalue weighted by molar-refractivity contribution is 0.0552. The fourth-order valence-electron chi connectivity index (χ4n) is 3.45. The van der Waals surface area contributed by atoms with Crippen molar-refractivity contribution in [3.63, 3.8) is 0 Å². The van der Waals surface area contributed by atoms with Gasteiger partial charge in [0, 0.05) is 30.7 Å². The highest BCUT2D eigenvalue weighted by Crippen LogP contribution is 2.33. The van der Waals surface area contributed by atoms with Gasteiger partial charge in [-0.05, 0) is 40.2 Å². The fourth-order valence-corrected chi connectivity index (χ4v) is 3.45. The average molecular weight is 240 g/mol. The molecule has 2 fully saturated rings. The van der Waals surface area contributed by atoms with E-state index in [1.165, 1.54) is 32.1 Å². The molecule has 1 N–H and O–H groups in total. The second kappa shape index (κ2) is 5.25. The van der Waals surface area contributed by atoms with E-state index in [0.717, 1.165) is 19.1 Å². The number of aliphatic hydroxyl groups excluding tert-OH is 1. The van der Waals surface area contributed by atoms with E-state index in [9.17, 15) is 5.11 Å². The first-order valence-electron chi connectivity index (χ1n) is 7.12. The molecule has 1 atom stereocenters. The maximum Gasteiger partial charge on any atom is 0.0599 e. The van der Waals surface area contributed by atoms with E-state index in [1.54, 1.807) is 0 Å². The van der Waals surface area contributed by atoms with Crippen molar-refractivity contribution >= 4 is 0 Å². The zero-order valence-electron chi connectivity index (χ0n) is 11.7. The summed E-state index contributed by atoms with van der Waals surface area (Å²) < 4.78 is 0. The van der Waals surface area contributed by atoms with Crippen LogP contribution >= 0.6 is 0 Å². The first-order valence-corrected chi connectivity index (χ1v) is 7.12. The number of rotatable bonds is 2. The normalized spacial score (nSPS) is 32.8. The second-order valence-electron chi connectivity index (χ2n) is 6.47. The maximum absolute atomic E-state index is 9.55. The van der Waals surface area contributed by atoms with Crippen LogP contribution in [0.2, 0.25) is 0 Å². The minimum absolute atomic E-state index is 0.285. The summed E-state index contributed by atoms with van der Waals surface area (Å²) in [4.78, 5) is 5.01. The molecule has 17 heavy (non-hydrogen) atoms. The van der Waals surface area contributed by atoms with Crippen LogP contribution in [0.15, 0.2) is 0 Å². The lowest BCUT2D eigenvalue weighted by Gasteiger charge is -2.42. The van der Waals surface area contributed by atoms with Crippen LogP contribution in [-0.2, 0) is 0 Å². The lowest BCUT2D eigenvalue weighted by Crippen LogP contribution is -2.51. The Kier molecular flexibility index (Phi) is 4.11. The molecule has 1 aliphatic carbocycles. The third-order valence-corrected chi connectivity index (χ3v) is 4.86. The number of nitrogens with zero attached hydrogens (tertiary/aromatic N) is 2. The van der Waals surface area contributed by atoms with Crippen LogP contribution in [0.25, 0.3) is 0 Å². The molecule has 1 saturated carbocycles. The summed E-state index contributed by atoms with van der Waals surface area (Å²) in [5.74, 6) is 0. The topological polar surface area (TPSA) is 26.7 Å². The van der Waals surface area contributed by atoms with Crippen LogP contribution in [0.4, 0.5) is 0 Å². The van der Waals surface area contributed by atoms with Gasteiger partial charge in [-0.2, -0.15) is 0 Å². The number of hydrogen-bond donors (Lipinski definition) is 1. The fraction of sp³-hybridized carbons (Fsp3) is 1.00. The molecule has 0 radical (unpaired) electrons. The minimum Gasteiger partial charge on any atom is -0.395 e. The first-order chi connectivity index (χ1) is 8.04. The van der Waals surface area contributed by atoms with Crippen LogP contribution in [0, 0.1) is 0 Å². The molecule has 0 aromatic heterocycles. The van der Waals surface area contributed by atoms with Crippen molar-refractivity contribution < 1.29 is 5.11 Å². The second-order valence-corrected chi connectivity index (χ2v) is 6.47. The third-order valence-electron chi connectivity index (χ3n) is 4.86. The lowest BCUT2D eigenvalue weighted by atomic mass is 9.95. The predicted molar refractivity (Wildman–Crippen MR) is 71.2 cm³/mol. The molecule has 1 saturated heterocycles. The Morgan fingerprint density at radius 2 is 1.88 bits per heavy atom. The predicted octanol–water partition coefficient (Wildman–Crippen LogP) is 1.71.